The number of aromatic nitrogens is 2. The van der Waals surface area contributed by atoms with Gasteiger partial charge in [0.25, 0.3) is 5.91 Å². The van der Waals surface area contributed by atoms with Crippen molar-refractivity contribution in [3.63, 3.8) is 0 Å². The lowest BCUT2D eigenvalue weighted by molar-refractivity contribution is 0.0949. The second-order valence-electron chi connectivity index (χ2n) is 4.58. The van der Waals surface area contributed by atoms with Crippen molar-refractivity contribution in [2.45, 2.75) is 18.2 Å². The van der Waals surface area contributed by atoms with Gasteiger partial charge in [0.05, 0.1) is 11.1 Å². The van der Waals surface area contributed by atoms with Crippen LogP contribution in [0.5, 0.6) is 0 Å². The Morgan fingerprint density at radius 1 is 1.33 bits per heavy atom. The first-order valence-electron chi connectivity index (χ1n) is 6.28. The molecule has 1 aromatic heterocycles. The number of aryl methyl sites for hydroxylation is 1. The van der Waals surface area contributed by atoms with Crippen LogP contribution >= 0.6 is 0 Å². The molecule has 0 unspecified atom stereocenters. The number of imidazole rings is 1. The van der Waals surface area contributed by atoms with Crippen molar-refractivity contribution >= 4 is 15.9 Å². The Kier molecular flexibility index (Phi) is 4.39. The molecule has 0 atom stereocenters. The van der Waals surface area contributed by atoms with E-state index in [0.717, 1.165) is 5.56 Å². The zero-order chi connectivity index (χ0) is 15.5. The van der Waals surface area contributed by atoms with Crippen LogP contribution in [-0.4, -0.2) is 30.8 Å². The Bertz CT molecular complexity index is 735. The maximum Gasteiger partial charge on any atom is 0.269 e. The summed E-state index contributed by atoms with van der Waals surface area (Å²) < 4.78 is 22.2. The molecule has 1 heterocycles. The van der Waals surface area contributed by atoms with Gasteiger partial charge in [0, 0.05) is 6.54 Å². The van der Waals surface area contributed by atoms with E-state index in [1.807, 2.05) is 0 Å². The van der Waals surface area contributed by atoms with Crippen LogP contribution in [0.3, 0.4) is 0 Å². The summed E-state index contributed by atoms with van der Waals surface area (Å²) in [6, 6.07) is 6.24. The molecule has 8 heteroatoms. The topological polar surface area (TPSA) is 118 Å². The molecule has 0 saturated heterocycles. The molecule has 0 aliphatic rings. The van der Waals surface area contributed by atoms with Crippen LogP contribution < -0.4 is 10.5 Å². The monoisotopic (exact) mass is 308 g/mol. The summed E-state index contributed by atoms with van der Waals surface area (Å²) in [6.45, 7) is 2.20. The van der Waals surface area contributed by atoms with Crippen LogP contribution in [0.1, 0.15) is 21.9 Å². The van der Waals surface area contributed by atoms with Gasteiger partial charge in [-0.15, -0.1) is 0 Å². The molecule has 0 fully saturated rings. The third kappa shape index (κ3) is 4.14. The van der Waals surface area contributed by atoms with Crippen molar-refractivity contribution < 1.29 is 13.2 Å². The van der Waals surface area contributed by atoms with Gasteiger partial charge in [-0.1, -0.05) is 12.1 Å². The second-order valence-corrected chi connectivity index (χ2v) is 6.14. The van der Waals surface area contributed by atoms with E-state index in [4.69, 9.17) is 5.14 Å². The standard InChI is InChI=1S/C13H16N4O3S/c1-9-16-8-12(17-9)13(18)15-7-6-10-2-4-11(5-3-10)21(14,19)20/h2-5,8H,6-7H2,1H3,(H,15,18)(H,16,17)(H2,14,19,20). The molecule has 21 heavy (non-hydrogen) atoms. The largest absolute Gasteiger partial charge is 0.350 e. The number of nitrogens with one attached hydrogen (secondary N) is 2. The molecule has 0 radical (unpaired) electrons. The molecule has 2 rings (SSSR count). The fourth-order valence-corrected chi connectivity index (χ4v) is 2.31. The first-order valence-corrected chi connectivity index (χ1v) is 7.82. The molecule has 1 aromatic carbocycles. The molecule has 7 nitrogen and oxygen atoms in total. The molecule has 0 saturated carbocycles. The number of carbonyl (C=O) groups is 1. The third-order valence-corrected chi connectivity index (χ3v) is 3.83. The minimum absolute atomic E-state index is 0.0724. The van der Waals surface area contributed by atoms with E-state index in [9.17, 15) is 13.2 Å². The lowest BCUT2D eigenvalue weighted by Crippen LogP contribution is -2.26. The number of carbonyl (C=O) groups excluding carboxylic acids is 1. The Labute approximate surface area is 122 Å². The van der Waals surface area contributed by atoms with Crippen molar-refractivity contribution in [1.29, 1.82) is 0 Å². The summed E-state index contributed by atoms with van der Waals surface area (Å²) in [7, 11) is -3.67. The van der Waals surface area contributed by atoms with Crippen molar-refractivity contribution in [2.24, 2.45) is 5.14 Å². The molecule has 112 valence electrons. The Hall–Kier alpha value is -2.19. The summed E-state index contributed by atoms with van der Waals surface area (Å²) in [5.74, 6) is 0.454. The fraction of sp³-hybridized carbons (Fsp3) is 0.231. The summed E-state index contributed by atoms with van der Waals surface area (Å²) >= 11 is 0. The summed E-state index contributed by atoms with van der Waals surface area (Å²) in [5.41, 5.74) is 1.32. The summed E-state index contributed by atoms with van der Waals surface area (Å²) in [6.07, 6.45) is 2.06. The van der Waals surface area contributed by atoms with Crippen LogP contribution in [0.2, 0.25) is 0 Å². The molecule has 1 amide bonds. The number of aromatic amines is 1. The van der Waals surface area contributed by atoms with Gasteiger partial charge in [-0.05, 0) is 31.0 Å². The number of H-pyrrole nitrogens is 1. The zero-order valence-corrected chi connectivity index (χ0v) is 12.3. The van der Waals surface area contributed by atoms with E-state index in [-0.39, 0.29) is 10.8 Å². The highest BCUT2D eigenvalue weighted by atomic mass is 32.2. The number of primary sulfonamides is 1. The predicted octanol–water partition coefficient (Wildman–Crippen LogP) is 0.338. The van der Waals surface area contributed by atoms with E-state index in [2.05, 4.69) is 15.3 Å². The Morgan fingerprint density at radius 3 is 2.52 bits per heavy atom. The van der Waals surface area contributed by atoms with Crippen LogP contribution in [-0.2, 0) is 16.4 Å². The van der Waals surface area contributed by atoms with Gasteiger partial charge >= 0.3 is 0 Å². The highest BCUT2D eigenvalue weighted by Gasteiger charge is 2.08. The maximum absolute atomic E-state index is 11.8. The van der Waals surface area contributed by atoms with Crippen molar-refractivity contribution in [2.75, 3.05) is 6.54 Å². The van der Waals surface area contributed by atoms with Gasteiger partial charge < -0.3 is 10.3 Å². The average molecular weight is 308 g/mol. The van der Waals surface area contributed by atoms with Gasteiger partial charge in [0.1, 0.15) is 11.5 Å². The van der Waals surface area contributed by atoms with Crippen molar-refractivity contribution in [3.05, 3.63) is 47.5 Å². The quantitative estimate of drug-likeness (QED) is 0.738. The molecule has 0 aliphatic heterocycles. The first-order chi connectivity index (χ1) is 9.86. The Morgan fingerprint density at radius 2 is 2.00 bits per heavy atom. The van der Waals surface area contributed by atoms with Crippen LogP contribution in [0.15, 0.2) is 35.4 Å². The SMILES string of the molecule is Cc1ncc(C(=O)NCCc2ccc(S(N)(=O)=O)cc2)[nH]1. The zero-order valence-electron chi connectivity index (χ0n) is 11.5. The van der Waals surface area contributed by atoms with Gasteiger partial charge in [-0.25, -0.2) is 18.5 Å². The number of benzene rings is 1. The van der Waals surface area contributed by atoms with E-state index >= 15 is 0 Å². The fourth-order valence-electron chi connectivity index (χ4n) is 1.80. The molecular weight excluding hydrogens is 292 g/mol. The molecule has 0 spiro atoms. The summed E-state index contributed by atoms with van der Waals surface area (Å²) in [5, 5.41) is 7.77. The van der Waals surface area contributed by atoms with Crippen LogP contribution in [0.4, 0.5) is 0 Å². The second kappa shape index (κ2) is 6.06. The normalized spacial score (nSPS) is 11.3. The number of hydrogen-bond acceptors (Lipinski definition) is 4. The molecular formula is C13H16N4O3S. The van der Waals surface area contributed by atoms with Gasteiger partial charge in [-0.3, -0.25) is 4.79 Å². The Balaban J connectivity index is 1.88. The highest BCUT2D eigenvalue weighted by molar-refractivity contribution is 7.89. The lowest BCUT2D eigenvalue weighted by atomic mass is 10.1. The molecule has 2 aromatic rings. The van der Waals surface area contributed by atoms with Gasteiger partial charge in [-0.2, -0.15) is 0 Å². The number of rotatable bonds is 5. The number of nitrogens with two attached hydrogens (primary N) is 1. The van der Waals surface area contributed by atoms with E-state index in [1.54, 1.807) is 19.1 Å². The third-order valence-electron chi connectivity index (χ3n) is 2.90. The van der Waals surface area contributed by atoms with Crippen LogP contribution in [0, 0.1) is 6.92 Å². The summed E-state index contributed by atoms with van der Waals surface area (Å²) in [4.78, 5) is 18.6. The van der Waals surface area contributed by atoms with Crippen molar-refractivity contribution in [3.8, 4) is 0 Å². The maximum atomic E-state index is 11.8. The molecule has 4 N–H and O–H groups in total. The number of nitrogens with zero attached hydrogens (tertiary/aromatic N) is 1. The van der Waals surface area contributed by atoms with Gasteiger partial charge in [0.2, 0.25) is 10.0 Å². The first kappa shape index (κ1) is 15.2. The number of amides is 1. The molecule has 0 aliphatic carbocycles. The number of hydrogen-bond donors (Lipinski definition) is 3. The lowest BCUT2D eigenvalue weighted by Gasteiger charge is -2.05. The van der Waals surface area contributed by atoms with Crippen molar-refractivity contribution in [1.82, 2.24) is 15.3 Å². The van der Waals surface area contributed by atoms with E-state index in [0.29, 0.717) is 24.5 Å². The molecule has 0 bridgehead atoms. The minimum Gasteiger partial charge on any atom is -0.350 e. The van der Waals surface area contributed by atoms with Gasteiger partial charge in [0.15, 0.2) is 0 Å². The highest BCUT2D eigenvalue weighted by Crippen LogP contribution is 2.09. The van der Waals surface area contributed by atoms with E-state index in [1.165, 1.54) is 18.3 Å². The smallest absolute Gasteiger partial charge is 0.269 e. The van der Waals surface area contributed by atoms with E-state index < -0.39 is 10.0 Å². The van der Waals surface area contributed by atoms with Crippen LogP contribution in [0.25, 0.3) is 0 Å². The predicted molar refractivity (Wildman–Crippen MR) is 77.2 cm³/mol. The minimum atomic E-state index is -3.67. The average Bonchev–Trinajstić information content (AvgIpc) is 2.85. The number of sulfonamides is 1.